The molecule has 110 valence electrons. The quantitative estimate of drug-likeness (QED) is 0.366. The van der Waals surface area contributed by atoms with E-state index in [0.717, 1.165) is 12.8 Å². The number of benzene rings is 1. The van der Waals surface area contributed by atoms with Gasteiger partial charge in [0.25, 0.3) is 5.69 Å². The Labute approximate surface area is 120 Å². The van der Waals surface area contributed by atoms with E-state index < -0.39 is 16.7 Å². The summed E-state index contributed by atoms with van der Waals surface area (Å²) in [6, 6.07) is 4.64. The Morgan fingerprint density at radius 1 is 1.38 bits per heavy atom. The van der Waals surface area contributed by atoms with Crippen molar-refractivity contribution in [3.63, 3.8) is 0 Å². The molecule has 0 aliphatic heterocycles. The number of carbonyl (C=O) groups is 2. The molecule has 8 nitrogen and oxygen atoms in total. The zero-order valence-corrected chi connectivity index (χ0v) is 11.3. The Morgan fingerprint density at radius 3 is 2.71 bits per heavy atom. The van der Waals surface area contributed by atoms with Gasteiger partial charge in [-0.2, -0.15) is 5.10 Å². The summed E-state index contributed by atoms with van der Waals surface area (Å²) in [5.41, 5.74) is 3.03. The van der Waals surface area contributed by atoms with Gasteiger partial charge >= 0.3 is 11.8 Å². The fourth-order valence-corrected chi connectivity index (χ4v) is 1.60. The van der Waals surface area contributed by atoms with E-state index in [2.05, 4.69) is 15.8 Å². The van der Waals surface area contributed by atoms with E-state index in [4.69, 9.17) is 0 Å². The van der Waals surface area contributed by atoms with E-state index in [1.807, 2.05) is 0 Å². The zero-order valence-electron chi connectivity index (χ0n) is 11.3. The largest absolute Gasteiger partial charge is 0.345 e. The van der Waals surface area contributed by atoms with Crippen molar-refractivity contribution in [1.29, 1.82) is 0 Å². The molecule has 0 aromatic heterocycles. The molecule has 1 saturated carbocycles. The van der Waals surface area contributed by atoms with Crippen LogP contribution in [0, 0.1) is 17.0 Å². The van der Waals surface area contributed by atoms with Crippen molar-refractivity contribution in [2.45, 2.75) is 25.8 Å². The van der Waals surface area contributed by atoms with Crippen LogP contribution < -0.4 is 10.7 Å². The predicted octanol–water partition coefficient (Wildman–Crippen LogP) is 0.632. The minimum absolute atomic E-state index is 0.0308. The fourth-order valence-electron chi connectivity index (χ4n) is 1.60. The molecule has 0 heterocycles. The number of nitro groups is 1. The maximum absolute atomic E-state index is 11.4. The summed E-state index contributed by atoms with van der Waals surface area (Å²) < 4.78 is 0. The number of nitrogens with zero attached hydrogens (tertiary/aromatic N) is 2. The number of nitro benzene ring substituents is 1. The van der Waals surface area contributed by atoms with E-state index in [0.29, 0.717) is 11.1 Å². The lowest BCUT2D eigenvalue weighted by molar-refractivity contribution is -0.385. The average Bonchev–Trinajstić information content (AvgIpc) is 3.24. The first-order valence-electron chi connectivity index (χ1n) is 6.36. The normalized spacial score (nSPS) is 14.0. The van der Waals surface area contributed by atoms with Gasteiger partial charge in [-0.05, 0) is 19.8 Å². The van der Waals surface area contributed by atoms with Crippen molar-refractivity contribution >= 4 is 23.7 Å². The highest BCUT2D eigenvalue weighted by Crippen LogP contribution is 2.18. The van der Waals surface area contributed by atoms with Gasteiger partial charge in [0, 0.05) is 23.2 Å². The molecule has 1 aliphatic rings. The summed E-state index contributed by atoms with van der Waals surface area (Å²) in [5.74, 6) is -1.59. The number of rotatable bonds is 4. The first-order chi connectivity index (χ1) is 9.97. The van der Waals surface area contributed by atoms with Crippen LogP contribution in [0.3, 0.4) is 0 Å². The third-order valence-electron chi connectivity index (χ3n) is 2.93. The van der Waals surface area contributed by atoms with Crippen molar-refractivity contribution in [1.82, 2.24) is 10.7 Å². The Balaban J connectivity index is 1.94. The number of hydrazone groups is 1. The second-order valence-electron chi connectivity index (χ2n) is 4.75. The standard InChI is InChI=1S/C13H14N4O4/c1-8-2-3-9(6-11(8)17(20)21)7-14-16-13(19)12(18)15-10-4-5-10/h2-3,6-7,10H,4-5H2,1H3,(H,15,18)(H,16,19)/b14-7-. The lowest BCUT2D eigenvalue weighted by atomic mass is 10.1. The lowest BCUT2D eigenvalue weighted by Crippen LogP contribution is -2.38. The third kappa shape index (κ3) is 4.10. The number of hydrogen-bond acceptors (Lipinski definition) is 5. The smallest absolute Gasteiger partial charge is 0.329 e. The van der Waals surface area contributed by atoms with Gasteiger partial charge in [-0.1, -0.05) is 12.1 Å². The lowest BCUT2D eigenvalue weighted by Gasteiger charge is -2.01. The Bertz CT molecular complexity index is 623. The zero-order chi connectivity index (χ0) is 15.4. The van der Waals surface area contributed by atoms with Crippen molar-refractivity contribution < 1.29 is 14.5 Å². The molecule has 0 bridgehead atoms. The first kappa shape index (κ1) is 14.6. The van der Waals surface area contributed by atoms with Crippen molar-refractivity contribution in [2.75, 3.05) is 0 Å². The van der Waals surface area contributed by atoms with Crippen LogP contribution in [-0.4, -0.2) is 29.0 Å². The van der Waals surface area contributed by atoms with Crippen LogP contribution in [0.25, 0.3) is 0 Å². The minimum atomic E-state index is -0.861. The molecule has 0 atom stereocenters. The van der Waals surface area contributed by atoms with E-state index in [1.165, 1.54) is 12.3 Å². The summed E-state index contributed by atoms with van der Waals surface area (Å²) in [5, 5.41) is 16.9. The molecular weight excluding hydrogens is 276 g/mol. The second-order valence-corrected chi connectivity index (χ2v) is 4.75. The van der Waals surface area contributed by atoms with E-state index in [-0.39, 0.29) is 11.7 Å². The Kier molecular flexibility index (Phi) is 4.27. The van der Waals surface area contributed by atoms with Crippen LogP contribution in [0.4, 0.5) is 5.69 Å². The molecule has 21 heavy (non-hydrogen) atoms. The van der Waals surface area contributed by atoms with Gasteiger partial charge in [-0.3, -0.25) is 19.7 Å². The molecule has 1 fully saturated rings. The molecule has 1 aromatic carbocycles. The number of amides is 2. The molecule has 2 N–H and O–H groups in total. The van der Waals surface area contributed by atoms with Gasteiger partial charge < -0.3 is 5.32 Å². The molecule has 8 heteroatoms. The summed E-state index contributed by atoms with van der Waals surface area (Å²) in [6.07, 6.45) is 3.01. The average molecular weight is 290 g/mol. The van der Waals surface area contributed by atoms with Gasteiger partial charge in [0.05, 0.1) is 11.1 Å². The number of hydrogen-bond donors (Lipinski definition) is 2. The Hall–Kier alpha value is -2.77. The van der Waals surface area contributed by atoms with Gasteiger partial charge in [0.1, 0.15) is 0 Å². The van der Waals surface area contributed by atoms with Gasteiger partial charge in [0.2, 0.25) is 0 Å². The van der Waals surface area contributed by atoms with Crippen LogP contribution in [0.1, 0.15) is 24.0 Å². The van der Waals surface area contributed by atoms with Crippen molar-refractivity contribution in [2.24, 2.45) is 5.10 Å². The van der Waals surface area contributed by atoms with Crippen LogP contribution in [0.15, 0.2) is 23.3 Å². The molecule has 2 amide bonds. The second kappa shape index (κ2) is 6.12. The fraction of sp³-hybridized carbons (Fsp3) is 0.308. The summed E-state index contributed by atoms with van der Waals surface area (Å²) in [6.45, 7) is 1.63. The minimum Gasteiger partial charge on any atom is -0.345 e. The van der Waals surface area contributed by atoms with E-state index in [1.54, 1.807) is 19.1 Å². The van der Waals surface area contributed by atoms with E-state index >= 15 is 0 Å². The summed E-state index contributed by atoms with van der Waals surface area (Å²) >= 11 is 0. The maximum Gasteiger partial charge on any atom is 0.329 e. The highest BCUT2D eigenvalue weighted by atomic mass is 16.6. The van der Waals surface area contributed by atoms with Crippen molar-refractivity contribution in [3.8, 4) is 0 Å². The van der Waals surface area contributed by atoms with Crippen LogP contribution in [0.2, 0.25) is 0 Å². The third-order valence-corrected chi connectivity index (χ3v) is 2.93. The van der Waals surface area contributed by atoms with Crippen LogP contribution in [0.5, 0.6) is 0 Å². The summed E-state index contributed by atoms with van der Waals surface area (Å²) in [7, 11) is 0. The number of nitrogens with one attached hydrogen (secondary N) is 2. The molecule has 0 unspecified atom stereocenters. The first-order valence-corrected chi connectivity index (χ1v) is 6.36. The monoisotopic (exact) mass is 290 g/mol. The molecular formula is C13H14N4O4. The van der Waals surface area contributed by atoms with Gasteiger partial charge in [-0.25, -0.2) is 5.43 Å². The van der Waals surface area contributed by atoms with E-state index in [9.17, 15) is 19.7 Å². The molecule has 2 rings (SSSR count). The SMILES string of the molecule is Cc1ccc(/C=N\NC(=O)C(=O)NC2CC2)cc1[N+](=O)[O-]. The Morgan fingerprint density at radius 2 is 2.10 bits per heavy atom. The number of aryl methyl sites for hydroxylation is 1. The highest BCUT2D eigenvalue weighted by Gasteiger charge is 2.26. The summed E-state index contributed by atoms with van der Waals surface area (Å²) in [4.78, 5) is 33.0. The number of carbonyl (C=O) groups excluding carboxylic acids is 2. The predicted molar refractivity (Wildman–Crippen MR) is 74.7 cm³/mol. The van der Waals surface area contributed by atoms with Crippen LogP contribution in [-0.2, 0) is 9.59 Å². The van der Waals surface area contributed by atoms with Crippen molar-refractivity contribution in [3.05, 3.63) is 39.4 Å². The molecule has 1 aliphatic carbocycles. The topological polar surface area (TPSA) is 114 Å². The van der Waals surface area contributed by atoms with Gasteiger partial charge in [-0.15, -0.1) is 0 Å². The highest BCUT2D eigenvalue weighted by molar-refractivity contribution is 6.35. The molecule has 1 aromatic rings. The molecule has 0 spiro atoms. The molecule has 0 radical (unpaired) electrons. The van der Waals surface area contributed by atoms with Gasteiger partial charge in [0.15, 0.2) is 0 Å². The van der Waals surface area contributed by atoms with Crippen LogP contribution >= 0.6 is 0 Å². The maximum atomic E-state index is 11.4. The molecule has 0 saturated heterocycles.